The molecular weight excluding hydrogens is 206 g/mol. The van der Waals surface area contributed by atoms with Crippen LogP contribution in [0.4, 0.5) is 5.82 Å². The van der Waals surface area contributed by atoms with Gasteiger partial charge in [-0.3, -0.25) is 4.79 Å². The van der Waals surface area contributed by atoms with Gasteiger partial charge in [-0.2, -0.15) is 5.10 Å². The molecule has 0 radical (unpaired) electrons. The van der Waals surface area contributed by atoms with E-state index in [9.17, 15) is 4.79 Å². The zero-order valence-electron chi connectivity index (χ0n) is 9.18. The largest absolute Gasteiger partial charge is 0.459 e. The monoisotopic (exact) mass is 219 g/mol. The number of nitrogens with zero attached hydrogens (tertiary/aromatic N) is 2. The summed E-state index contributed by atoms with van der Waals surface area (Å²) in [6.07, 6.45) is 3.12. The number of anilines is 1. The van der Waals surface area contributed by atoms with Crippen molar-refractivity contribution in [3.63, 3.8) is 0 Å². The number of amides is 1. The van der Waals surface area contributed by atoms with Crippen LogP contribution in [0.15, 0.2) is 35.1 Å². The maximum atomic E-state index is 11.7. The molecule has 2 heterocycles. The van der Waals surface area contributed by atoms with Crippen molar-refractivity contribution in [3.05, 3.63) is 36.4 Å². The van der Waals surface area contributed by atoms with Crippen molar-refractivity contribution in [1.29, 1.82) is 0 Å². The number of hydrogen-bond donors (Lipinski definition) is 1. The number of furan rings is 1. The van der Waals surface area contributed by atoms with Gasteiger partial charge in [-0.05, 0) is 26.0 Å². The zero-order chi connectivity index (χ0) is 11.5. The van der Waals surface area contributed by atoms with Crippen molar-refractivity contribution in [2.24, 2.45) is 0 Å². The number of carbonyl (C=O) groups excluding carboxylic acids is 1. The summed E-state index contributed by atoms with van der Waals surface area (Å²) in [7, 11) is 0. The number of rotatable bonds is 3. The molecule has 0 unspecified atom stereocenters. The van der Waals surface area contributed by atoms with Gasteiger partial charge in [-0.25, -0.2) is 4.68 Å². The highest BCUT2D eigenvalue weighted by molar-refractivity contribution is 6.01. The van der Waals surface area contributed by atoms with E-state index in [2.05, 4.69) is 10.4 Å². The Morgan fingerprint density at radius 3 is 2.94 bits per heavy atom. The highest BCUT2D eigenvalue weighted by Gasteiger charge is 2.12. The third kappa shape index (κ3) is 1.98. The topological polar surface area (TPSA) is 60.1 Å². The minimum atomic E-state index is -0.271. The molecule has 84 valence electrons. The minimum Gasteiger partial charge on any atom is -0.459 e. The first-order chi connectivity index (χ1) is 7.68. The van der Waals surface area contributed by atoms with Crippen LogP contribution in [0.5, 0.6) is 0 Å². The summed E-state index contributed by atoms with van der Waals surface area (Å²) in [4.78, 5) is 11.7. The van der Waals surface area contributed by atoms with Crippen molar-refractivity contribution in [2.75, 3.05) is 5.32 Å². The second-order valence-corrected chi connectivity index (χ2v) is 3.69. The molecule has 0 aliphatic heterocycles. The van der Waals surface area contributed by atoms with Gasteiger partial charge in [0.2, 0.25) is 0 Å². The van der Waals surface area contributed by atoms with Gasteiger partial charge in [0.15, 0.2) is 5.76 Å². The molecule has 2 rings (SSSR count). The first-order valence-corrected chi connectivity index (χ1v) is 5.07. The highest BCUT2D eigenvalue weighted by Crippen LogP contribution is 2.14. The lowest BCUT2D eigenvalue weighted by atomic mass is 10.4. The van der Waals surface area contributed by atoms with E-state index < -0.39 is 0 Å². The summed E-state index contributed by atoms with van der Waals surface area (Å²) >= 11 is 0. The van der Waals surface area contributed by atoms with Crippen molar-refractivity contribution >= 4 is 11.7 Å². The second-order valence-electron chi connectivity index (χ2n) is 3.69. The zero-order valence-corrected chi connectivity index (χ0v) is 9.18. The van der Waals surface area contributed by atoms with Crippen LogP contribution in [0.25, 0.3) is 0 Å². The second kappa shape index (κ2) is 4.22. The van der Waals surface area contributed by atoms with Crippen LogP contribution < -0.4 is 5.32 Å². The van der Waals surface area contributed by atoms with E-state index in [1.165, 1.54) is 6.26 Å². The number of aromatic nitrogens is 2. The van der Waals surface area contributed by atoms with E-state index in [0.29, 0.717) is 5.82 Å². The van der Waals surface area contributed by atoms with Crippen LogP contribution in [0, 0.1) is 0 Å². The summed E-state index contributed by atoms with van der Waals surface area (Å²) in [5.74, 6) is 0.681. The Balaban J connectivity index is 2.15. The van der Waals surface area contributed by atoms with Gasteiger partial charge in [0.25, 0.3) is 5.91 Å². The van der Waals surface area contributed by atoms with Crippen LogP contribution in [-0.2, 0) is 0 Å². The Morgan fingerprint density at radius 1 is 1.50 bits per heavy atom. The standard InChI is InChI=1S/C11H13N3O2/c1-8(2)14-10(5-6-12-14)13-11(15)9-4-3-7-16-9/h3-8H,1-2H3,(H,13,15). The van der Waals surface area contributed by atoms with Gasteiger partial charge < -0.3 is 9.73 Å². The molecule has 2 aromatic heterocycles. The maximum absolute atomic E-state index is 11.7. The molecule has 16 heavy (non-hydrogen) atoms. The normalized spacial score (nSPS) is 10.7. The van der Waals surface area contributed by atoms with Crippen LogP contribution in [-0.4, -0.2) is 15.7 Å². The minimum absolute atomic E-state index is 0.196. The summed E-state index contributed by atoms with van der Waals surface area (Å²) in [6, 6.07) is 5.24. The number of nitrogens with one attached hydrogen (secondary N) is 1. The third-order valence-electron chi connectivity index (χ3n) is 2.15. The molecule has 0 bridgehead atoms. The quantitative estimate of drug-likeness (QED) is 0.861. The predicted molar refractivity (Wildman–Crippen MR) is 59.3 cm³/mol. The summed E-state index contributed by atoms with van der Waals surface area (Å²) in [5.41, 5.74) is 0. The predicted octanol–water partition coefficient (Wildman–Crippen LogP) is 2.31. The van der Waals surface area contributed by atoms with Gasteiger partial charge >= 0.3 is 0 Å². The Morgan fingerprint density at radius 2 is 2.31 bits per heavy atom. The van der Waals surface area contributed by atoms with Gasteiger partial charge in [-0.15, -0.1) is 0 Å². The van der Waals surface area contributed by atoms with Crippen LogP contribution >= 0.6 is 0 Å². The van der Waals surface area contributed by atoms with E-state index in [-0.39, 0.29) is 17.7 Å². The molecule has 0 aliphatic rings. The molecule has 1 amide bonds. The first kappa shape index (κ1) is 10.5. The smallest absolute Gasteiger partial charge is 0.292 e. The van der Waals surface area contributed by atoms with E-state index in [4.69, 9.17) is 4.42 Å². The van der Waals surface area contributed by atoms with Gasteiger partial charge in [0, 0.05) is 12.1 Å². The van der Waals surface area contributed by atoms with Crippen LogP contribution in [0.1, 0.15) is 30.4 Å². The van der Waals surface area contributed by atoms with Gasteiger partial charge in [-0.1, -0.05) is 0 Å². The molecule has 5 nitrogen and oxygen atoms in total. The molecule has 2 aromatic rings. The van der Waals surface area contributed by atoms with Gasteiger partial charge in [0.05, 0.1) is 12.5 Å². The number of carbonyl (C=O) groups is 1. The molecule has 0 aliphatic carbocycles. The molecule has 1 N–H and O–H groups in total. The number of hydrogen-bond acceptors (Lipinski definition) is 3. The first-order valence-electron chi connectivity index (χ1n) is 5.07. The maximum Gasteiger partial charge on any atom is 0.292 e. The van der Waals surface area contributed by atoms with E-state index >= 15 is 0 Å². The Bertz CT molecular complexity index is 471. The fourth-order valence-corrected chi connectivity index (χ4v) is 1.41. The molecule has 5 heteroatoms. The van der Waals surface area contributed by atoms with Crippen molar-refractivity contribution in [2.45, 2.75) is 19.9 Å². The SMILES string of the molecule is CC(C)n1nccc1NC(=O)c1ccco1. The van der Waals surface area contributed by atoms with E-state index in [1.807, 2.05) is 13.8 Å². The lowest BCUT2D eigenvalue weighted by Gasteiger charge is -2.10. The van der Waals surface area contributed by atoms with Crippen LogP contribution in [0.2, 0.25) is 0 Å². The molecule has 0 saturated carbocycles. The summed E-state index contributed by atoms with van der Waals surface area (Å²) in [5, 5.41) is 6.86. The Kier molecular flexibility index (Phi) is 2.76. The Labute approximate surface area is 93.1 Å². The average Bonchev–Trinajstić information content (AvgIpc) is 2.86. The molecule has 0 fully saturated rings. The Hall–Kier alpha value is -2.04. The lowest BCUT2D eigenvalue weighted by Crippen LogP contribution is -2.16. The fraction of sp³-hybridized carbons (Fsp3) is 0.273. The fourth-order valence-electron chi connectivity index (χ4n) is 1.41. The lowest BCUT2D eigenvalue weighted by molar-refractivity contribution is 0.0995. The highest BCUT2D eigenvalue weighted by atomic mass is 16.3. The molecular formula is C11H13N3O2. The average molecular weight is 219 g/mol. The van der Waals surface area contributed by atoms with E-state index in [0.717, 1.165) is 0 Å². The van der Waals surface area contributed by atoms with Crippen molar-refractivity contribution in [3.8, 4) is 0 Å². The van der Waals surface area contributed by atoms with Crippen molar-refractivity contribution in [1.82, 2.24) is 9.78 Å². The molecule has 0 aromatic carbocycles. The third-order valence-corrected chi connectivity index (χ3v) is 2.15. The molecule has 0 spiro atoms. The van der Waals surface area contributed by atoms with Crippen molar-refractivity contribution < 1.29 is 9.21 Å². The summed E-state index contributed by atoms with van der Waals surface area (Å²) < 4.78 is 6.74. The summed E-state index contributed by atoms with van der Waals surface area (Å²) in [6.45, 7) is 3.99. The molecule has 0 atom stereocenters. The van der Waals surface area contributed by atoms with Crippen LogP contribution in [0.3, 0.4) is 0 Å². The van der Waals surface area contributed by atoms with E-state index in [1.54, 1.807) is 29.1 Å². The molecule has 0 saturated heterocycles. The van der Waals surface area contributed by atoms with Gasteiger partial charge in [0.1, 0.15) is 5.82 Å².